The first kappa shape index (κ1) is 21.4. The number of nitrogens with one attached hydrogen (secondary N) is 2. The van der Waals surface area contributed by atoms with E-state index in [2.05, 4.69) is 21.9 Å². The molecule has 1 saturated heterocycles. The fourth-order valence-electron chi connectivity index (χ4n) is 2.88. The van der Waals surface area contributed by atoms with Gasteiger partial charge < -0.3 is 10.6 Å². The summed E-state index contributed by atoms with van der Waals surface area (Å²) in [5.41, 5.74) is 0. The molecule has 1 rings (SSSR count). The van der Waals surface area contributed by atoms with Crippen LogP contribution >= 0.6 is 11.8 Å². The Morgan fingerprint density at radius 1 is 1.17 bits per heavy atom. The van der Waals surface area contributed by atoms with Crippen molar-refractivity contribution in [2.45, 2.75) is 38.3 Å². The Morgan fingerprint density at radius 3 is 2.42 bits per heavy atom. The SMILES string of the molecule is CN=C(NCCCCSC)NCCC1CCN(CC(F)(F)F)CC1. The van der Waals surface area contributed by atoms with Gasteiger partial charge in [-0.2, -0.15) is 24.9 Å². The molecule has 2 N–H and O–H groups in total. The molecule has 24 heavy (non-hydrogen) atoms. The maximum Gasteiger partial charge on any atom is 0.401 e. The van der Waals surface area contributed by atoms with Crippen LogP contribution in [0.25, 0.3) is 0 Å². The van der Waals surface area contributed by atoms with Crippen molar-refractivity contribution in [1.29, 1.82) is 0 Å². The van der Waals surface area contributed by atoms with Gasteiger partial charge in [0.15, 0.2) is 5.96 Å². The van der Waals surface area contributed by atoms with E-state index in [4.69, 9.17) is 0 Å². The number of likely N-dealkylation sites (tertiary alicyclic amines) is 1. The summed E-state index contributed by atoms with van der Waals surface area (Å²) in [7, 11) is 1.76. The van der Waals surface area contributed by atoms with Gasteiger partial charge >= 0.3 is 6.18 Å². The fraction of sp³-hybridized carbons (Fsp3) is 0.938. The highest BCUT2D eigenvalue weighted by Gasteiger charge is 2.32. The van der Waals surface area contributed by atoms with Crippen molar-refractivity contribution in [2.24, 2.45) is 10.9 Å². The molecule has 4 nitrogen and oxygen atoms in total. The van der Waals surface area contributed by atoms with Gasteiger partial charge in [-0.1, -0.05) is 0 Å². The maximum absolute atomic E-state index is 12.4. The van der Waals surface area contributed by atoms with Crippen molar-refractivity contribution in [1.82, 2.24) is 15.5 Å². The number of halogens is 3. The van der Waals surface area contributed by atoms with Gasteiger partial charge in [0, 0.05) is 20.1 Å². The molecule has 0 amide bonds. The molecule has 0 spiro atoms. The number of hydrogen-bond donors (Lipinski definition) is 2. The zero-order valence-electron chi connectivity index (χ0n) is 14.8. The lowest BCUT2D eigenvalue weighted by atomic mass is 9.93. The van der Waals surface area contributed by atoms with Gasteiger partial charge in [0.1, 0.15) is 0 Å². The van der Waals surface area contributed by atoms with Gasteiger partial charge in [-0.3, -0.25) is 9.89 Å². The van der Waals surface area contributed by atoms with Crippen molar-refractivity contribution >= 4 is 17.7 Å². The van der Waals surface area contributed by atoms with Gasteiger partial charge in [0.05, 0.1) is 6.54 Å². The third kappa shape index (κ3) is 10.3. The van der Waals surface area contributed by atoms with E-state index in [1.165, 1.54) is 17.1 Å². The molecule has 0 unspecified atom stereocenters. The molecule has 0 saturated carbocycles. The average molecular weight is 369 g/mol. The lowest BCUT2D eigenvalue weighted by Gasteiger charge is -2.32. The fourth-order valence-corrected chi connectivity index (χ4v) is 3.37. The summed E-state index contributed by atoms with van der Waals surface area (Å²) in [5.74, 6) is 2.50. The molecule has 1 heterocycles. The second-order valence-electron chi connectivity index (χ2n) is 6.25. The van der Waals surface area contributed by atoms with Crippen LogP contribution < -0.4 is 10.6 Å². The number of aliphatic imine (C=N–C) groups is 1. The minimum atomic E-state index is -4.08. The van der Waals surface area contributed by atoms with Crippen LogP contribution in [-0.4, -0.2) is 68.8 Å². The maximum atomic E-state index is 12.4. The van der Waals surface area contributed by atoms with Crippen LogP contribution in [0.3, 0.4) is 0 Å². The molecule has 8 heteroatoms. The number of piperidine rings is 1. The van der Waals surface area contributed by atoms with Gasteiger partial charge in [0.2, 0.25) is 0 Å². The molecule has 0 atom stereocenters. The Kier molecular flexibility index (Phi) is 10.6. The molecule has 0 aliphatic carbocycles. The average Bonchev–Trinajstić information content (AvgIpc) is 2.53. The molecule has 0 bridgehead atoms. The van der Waals surface area contributed by atoms with Crippen molar-refractivity contribution in [2.75, 3.05) is 51.8 Å². The van der Waals surface area contributed by atoms with Crippen LogP contribution in [0, 0.1) is 5.92 Å². The monoisotopic (exact) mass is 368 g/mol. The van der Waals surface area contributed by atoms with E-state index in [9.17, 15) is 13.2 Å². The molecular formula is C16H31F3N4S. The topological polar surface area (TPSA) is 39.7 Å². The summed E-state index contributed by atoms with van der Waals surface area (Å²) in [6.07, 6.45) is 3.02. The molecule has 0 radical (unpaired) electrons. The summed E-state index contributed by atoms with van der Waals surface area (Å²) < 4.78 is 37.1. The zero-order chi connectivity index (χ0) is 17.8. The highest BCUT2D eigenvalue weighted by molar-refractivity contribution is 7.98. The largest absolute Gasteiger partial charge is 0.401 e. The first-order chi connectivity index (χ1) is 11.4. The molecule has 1 aliphatic heterocycles. The van der Waals surface area contributed by atoms with Gasteiger partial charge in [-0.25, -0.2) is 0 Å². The first-order valence-electron chi connectivity index (χ1n) is 8.67. The van der Waals surface area contributed by atoms with Crippen LogP contribution in [0.5, 0.6) is 0 Å². The second kappa shape index (κ2) is 11.8. The molecule has 0 aromatic carbocycles. The molecule has 142 valence electrons. The summed E-state index contributed by atoms with van der Waals surface area (Å²) in [4.78, 5) is 5.71. The summed E-state index contributed by atoms with van der Waals surface area (Å²) >= 11 is 1.86. The van der Waals surface area contributed by atoms with Gasteiger partial charge in [0.25, 0.3) is 0 Å². The van der Waals surface area contributed by atoms with E-state index in [1.807, 2.05) is 11.8 Å². The second-order valence-corrected chi connectivity index (χ2v) is 7.23. The number of alkyl halides is 3. The quantitative estimate of drug-likeness (QED) is 0.373. The van der Waals surface area contributed by atoms with E-state index < -0.39 is 12.7 Å². The van der Waals surface area contributed by atoms with Gasteiger partial charge in [-0.05, 0) is 63.1 Å². The Hall–Kier alpha value is -0.630. The first-order valence-corrected chi connectivity index (χ1v) is 10.1. The van der Waals surface area contributed by atoms with Crippen LogP contribution in [0.4, 0.5) is 13.2 Å². The molecule has 0 aromatic rings. The van der Waals surface area contributed by atoms with Crippen molar-refractivity contribution < 1.29 is 13.2 Å². The number of nitrogens with zero attached hydrogens (tertiary/aromatic N) is 2. The van der Waals surface area contributed by atoms with E-state index in [0.717, 1.165) is 44.7 Å². The van der Waals surface area contributed by atoms with E-state index >= 15 is 0 Å². The standard InChI is InChI=1S/C16H31F3N4S/c1-20-15(21-8-3-4-12-24-2)22-9-5-14-6-10-23(11-7-14)13-16(17,18)19/h14H,3-13H2,1-2H3,(H2,20,21,22). The lowest BCUT2D eigenvalue weighted by molar-refractivity contribution is -0.148. The molecular weight excluding hydrogens is 337 g/mol. The molecule has 0 aromatic heterocycles. The predicted molar refractivity (Wildman–Crippen MR) is 96.8 cm³/mol. The summed E-state index contributed by atoms with van der Waals surface area (Å²) in [6.45, 7) is 2.05. The summed E-state index contributed by atoms with van der Waals surface area (Å²) in [6, 6.07) is 0. The normalized spacial score (nSPS) is 18.0. The van der Waals surface area contributed by atoms with Crippen molar-refractivity contribution in [3.63, 3.8) is 0 Å². The Labute approximate surface area is 148 Å². The molecule has 1 aliphatic rings. The van der Waals surface area contributed by atoms with E-state index in [-0.39, 0.29) is 0 Å². The number of hydrogen-bond acceptors (Lipinski definition) is 3. The minimum Gasteiger partial charge on any atom is -0.356 e. The van der Waals surface area contributed by atoms with Crippen LogP contribution in [0.2, 0.25) is 0 Å². The number of rotatable bonds is 9. The van der Waals surface area contributed by atoms with Crippen LogP contribution in [-0.2, 0) is 0 Å². The highest BCUT2D eigenvalue weighted by atomic mass is 32.2. The zero-order valence-corrected chi connectivity index (χ0v) is 15.6. The number of unbranched alkanes of at least 4 members (excludes halogenated alkanes) is 1. The third-order valence-corrected chi connectivity index (χ3v) is 4.94. The van der Waals surface area contributed by atoms with Gasteiger partial charge in [-0.15, -0.1) is 0 Å². The number of thioether (sulfide) groups is 1. The Bertz CT molecular complexity index is 356. The lowest BCUT2D eigenvalue weighted by Crippen LogP contribution is -2.41. The highest BCUT2D eigenvalue weighted by Crippen LogP contribution is 2.23. The van der Waals surface area contributed by atoms with Crippen LogP contribution in [0.1, 0.15) is 32.1 Å². The third-order valence-electron chi connectivity index (χ3n) is 4.25. The summed E-state index contributed by atoms with van der Waals surface area (Å²) in [5, 5.41) is 6.59. The smallest absolute Gasteiger partial charge is 0.356 e. The Balaban J connectivity index is 2.10. The van der Waals surface area contributed by atoms with E-state index in [0.29, 0.717) is 19.0 Å². The molecule has 1 fully saturated rings. The van der Waals surface area contributed by atoms with E-state index in [1.54, 1.807) is 7.05 Å². The van der Waals surface area contributed by atoms with Crippen LogP contribution in [0.15, 0.2) is 4.99 Å². The van der Waals surface area contributed by atoms with Crippen molar-refractivity contribution in [3.8, 4) is 0 Å². The Morgan fingerprint density at radius 2 is 1.83 bits per heavy atom. The predicted octanol–water partition coefficient (Wildman–Crippen LogP) is 2.96. The minimum absolute atomic E-state index is 0.502. The number of guanidine groups is 1. The van der Waals surface area contributed by atoms with Crippen molar-refractivity contribution in [3.05, 3.63) is 0 Å².